The Morgan fingerprint density at radius 2 is 2.00 bits per heavy atom. The van der Waals surface area contributed by atoms with Gasteiger partial charge < -0.3 is 19.7 Å². The summed E-state index contributed by atoms with van der Waals surface area (Å²) < 4.78 is 36.0. The van der Waals surface area contributed by atoms with Crippen LogP contribution in [0.5, 0.6) is 11.5 Å². The lowest BCUT2D eigenvalue weighted by Gasteiger charge is -2.15. The van der Waals surface area contributed by atoms with E-state index in [-0.39, 0.29) is 16.4 Å². The average molecular weight is 305 g/mol. The average Bonchev–Trinajstić information content (AvgIpc) is 2.43. The smallest absolute Gasteiger partial charge is 0.324 e. The van der Waals surface area contributed by atoms with E-state index in [1.807, 2.05) is 4.72 Å². The van der Waals surface area contributed by atoms with Gasteiger partial charge >= 0.3 is 5.97 Å². The molecule has 0 aromatic heterocycles. The molecule has 0 bridgehead atoms. The van der Waals surface area contributed by atoms with Crippen LogP contribution in [0, 0.1) is 0 Å². The van der Waals surface area contributed by atoms with E-state index in [1.54, 1.807) is 0 Å². The van der Waals surface area contributed by atoms with Crippen LogP contribution in [0.3, 0.4) is 0 Å². The summed E-state index contributed by atoms with van der Waals surface area (Å²) in [5.74, 6) is -1.19. The van der Waals surface area contributed by atoms with E-state index in [4.69, 9.17) is 19.7 Å². The molecule has 0 saturated carbocycles. The summed E-state index contributed by atoms with van der Waals surface area (Å²) >= 11 is 0. The molecule has 0 radical (unpaired) electrons. The fourth-order valence-corrected chi connectivity index (χ4v) is 2.77. The molecule has 0 unspecified atom stereocenters. The van der Waals surface area contributed by atoms with Crippen molar-refractivity contribution in [2.24, 2.45) is 0 Å². The monoisotopic (exact) mass is 305 g/mol. The fourth-order valence-electron chi connectivity index (χ4n) is 1.41. The highest BCUT2D eigenvalue weighted by molar-refractivity contribution is 7.89. The van der Waals surface area contributed by atoms with Crippen LogP contribution in [0.4, 0.5) is 0 Å². The quantitative estimate of drug-likeness (QED) is 0.616. The molecule has 3 N–H and O–H groups in total. The second-order valence-corrected chi connectivity index (χ2v) is 5.39. The Morgan fingerprint density at radius 1 is 1.35 bits per heavy atom. The van der Waals surface area contributed by atoms with Crippen molar-refractivity contribution in [3.8, 4) is 11.5 Å². The molecule has 1 aromatic carbocycles. The zero-order chi connectivity index (χ0) is 15.3. The van der Waals surface area contributed by atoms with Gasteiger partial charge in [-0.05, 0) is 12.1 Å². The molecule has 112 valence electrons. The number of hydrogen-bond donors (Lipinski definition) is 3. The number of hydrogen-bond acceptors (Lipinski definition) is 6. The van der Waals surface area contributed by atoms with Gasteiger partial charge in [0, 0.05) is 6.07 Å². The van der Waals surface area contributed by atoms with E-state index in [1.165, 1.54) is 32.4 Å². The predicted molar refractivity (Wildman–Crippen MR) is 68.4 cm³/mol. The molecular formula is C11H15NO7S. The lowest BCUT2D eigenvalue weighted by molar-refractivity contribution is -0.139. The van der Waals surface area contributed by atoms with Crippen molar-refractivity contribution in [2.75, 3.05) is 20.8 Å². The van der Waals surface area contributed by atoms with Crippen LogP contribution in [0.2, 0.25) is 0 Å². The molecule has 0 spiro atoms. The van der Waals surface area contributed by atoms with Crippen LogP contribution >= 0.6 is 0 Å². The van der Waals surface area contributed by atoms with Crippen molar-refractivity contribution in [3.05, 3.63) is 18.2 Å². The number of aliphatic hydroxyl groups is 1. The minimum Gasteiger partial charge on any atom is -0.497 e. The van der Waals surface area contributed by atoms with Crippen molar-refractivity contribution in [1.82, 2.24) is 4.72 Å². The number of carboxylic acids is 1. The minimum atomic E-state index is -4.19. The summed E-state index contributed by atoms with van der Waals surface area (Å²) in [5, 5.41) is 17.6. The number of ether oxygens (including phenoxy) is 2. The summed E-state index contributed by atoms with van der Waals surface area (Å²) in [6, 6.07) is 2.42. The number of aliphatic hydroxyl groups excluding tert-OH is 1. The number of benzene rings is 1. The van der Waals surface area contributed by atoms with Gasteiger partial charge in [-0.1, -0.05) is 0 Å². The number of carboxylic acid groups (broad SMARTS) is 1. The SMILES string of the molecule is COc1ccc(OC)c(S(=O)(=O)N[C@H](CO)C(=O)O)c1. The third-order valence-electron chi connectivity index (χ3n) is 2.44. The van der Waals surface area contributed by atoms with Crippen molar-refractivity contribution in [2.45, 2.75) is 10.9 Å². The zero-order valence-corrected chi connectivity index (χ0v) is 11.7. The van der Waals surface area contributed by atoms with E-state index in [9.17, 15) is 13.2 Å². The number of rotatable bonds is 7. The third kappa shape index (κ3) is 3.59. The molecule has 20 heavy (non-hydrogen) atoms. The lowest BCUT2D eigenvalue weighted by Crippen LogP contribution is -2.43. The van der Waals surface area contributed by atoms with Crippen LogP contribution < -0.4 is 14.2 Å². The summed E-state index contributed by atoms with van der Waals surface area (Å²) in [4.78, 5) is 10.5. The Labute approximate surface area is 116 Å². The molecular weight excluding hydrogens is 290 g/mol. The maximum absolute atomic E-state index is 12.1. The standard InChI is InChI=1S/C11H15NO7S/c1-18-7-3-4-9(19-2)10(5-7)20(16,17)12-8(6-13)11(14)15/h3-5,8,12-13H,6H2,1-2H3,(H,14,15)/t8-/m1/s1. The Morgan fingerprint density at radius 3 is 2.45 bits per heavy atom. The van der Waals surface area contributed by atoms with Crippen LogP contribution in [-0.4, -0.2) is 51.5 Å². The Hall–Kier alpha value is -1.84. The predicted octanol–water partition coefficient (Wildman–Crippen LogP) is -0.572. The van der Waals surface area contributed by atoms with Crippen molar-refractivity contribution < 1.29 is 32.9 Å². The molecule has 9 heteroatoms. The second kappa shape index (κ2) is 6.55. The highest BCUT2D eigenvalue weighted by Gasteiger charge is 2.27. The largest absolute Gasteiger partial charge is 0.497 e. The van der Waals surface area contributed by atoms with E-state index in [0.717, 1.165) is 0 Å². The third-order valence-corrected chi connectivity index (χ3v) is 3.93. The second-order valence-electron chi connectivity index (χ2n) is 3.71. The Kier molecular flexibility index (Phi) is 5.31. The first-order chi connectivity index (χ1) is 9.35. The van der Waals surface area contributed by atoms with E-state index in [0.29, 0.717) is 0 Å². The number of nitrogens with one attached hydrogen (secondary N) is 1. The Bertz CT molecular complexity index is 584. The van der Waals surface area contributed by atoms with Gasteiger partial charge in [0.2, 0.25) is 10.0 Å². The van der Waals surface area contributed by atoms with Crippen LogP contribution in [0.15, 0.2) is 23.1 Å². The van der Waals surface area contributed by atoms with Gasteiger partial charge in [-0.25, -0.2) is 8.42 Å². The number of methoxy groups -OCH3 is 2. The van der Waals surface area contributed by atoms with Gasteiger partial charge in [-0.15, -0.1) is 0 Å². The summed E-state index contributed by atoms with van der Waals surface area (Å²) in [5.41, 5.74) is 0. The van der Waals surface area contributed by atoms with E-state index >= 15 is 0 Å². The number of carbonyl (C=O) groups is 1. The fraction of sp³-hybridized carbons (Fsp3) is 0.364. The summed E-state index contributed by atoms with van der Waals surface area (Å²) in [6.07, 6.45) is 0. The zero-order valence-electron chi connectivity index (χ0n) is 10.9. The normalized spacial score (nSPS) is 12.8. The molecule has 0 saturated heterocycles. The Balaban J connectivity index is 3.23. The first kappa shape index (κ1) is 16.2. The lowest BCUT2D eigenvalue weighted by atomic mass is 10.3. The van der Waals surface area contributed by atoms with Gasteiger partial charge in [0.1, 0.15) is 22.4 Å². The van der Waals surface area contributed by atoms with E-state index < -0.39 is 28.6 Å². The van der Waals surface area contributed by atoms with Gasteiger partial charge in [0.25, 0.3) is 0 Å². The molecule has 1 atom stereocenters. The summed E-state index contributed by atoms with van der Waals surface area (Å²) in [6.45, 7) is -0.874. The van der Waals surface area contributed by atoms with Crippen LogP contribution in [0.25, 0.3) is 0 Å². The molecule has 0 aliphatic carbocycles. The molecule has 0 aliphatic rings. The van der Waals surface area contributed by atoms with Crippen molar-refractivity contribution in [3.63, 3.8) is 0 Å². The molecule has 0 aliphatic heterocycles. The first-order valence-corrected chi connectivity index (χ1v) is 6.92. The van der Waals surface area contributed by atoms with E-state index in [2.05, 4.69) is 0 Å². The maximum Gasteiger partial charge on any atom is 0.324 e. The molecule has 1 aromatic rings. The highest BCUT2D eigenvalue weighted by Crippen LogP contribution is 2.28. The van der Waals surface area contributed by atoms with Gasteiger partial charge in [-0.2, -0.15) is 4.72 Å². The molecule has 0 heterocycles. The van der Waals surface area contributed by atoms with Crippen molar-refractivity contribution >= 4 is 16.0 Å². The van der Waals surface area contributed by atoms with Crippen LogP contribution in [0.1, 0.15) is 0 Å². The minimum absolute atomic E-state index is 0.0281. The van der Waals surface area contributed by atoms with Crippen LogP contribution in [-0.2, 0) is 14.8 Å². The maximum atomic E-state index is 12.1. The molecule has 0 fully saturated rings. The summed E-state index contributed by atoms with van der Waals surface area (Å²) in [7, 11) is -1.55. The first-order valence-electron chi connectivity index (χ1n) is 5.43. The highest BCUT2D eigenvalue weighted by atomic mass is 32.2. The van der Waals surface area contributed by atoms with Gasteiger partial charge in [0.15, 0.2) is 0 Å². The topological polar surface area (TPSA) is 122 Å². The molecule has 0 amide bonds. The van der Waals surface area contributed by atoms with Gasteiger partial charge in [0.05, 0.1) is 20.8 Å². The van der Waals surface area contributed by atoms with Crippen molar-refractivity contribution in [1.29, 1.82) is 0 Å². The number of sulfonamides is 1. The number of aliphatic carboxylic acids is 1. The molecule has 8 nitrogen and oxygen atoms in total. The molecule has 1 rings (SSSR count). The van der Waals surface area contributed by atoms with Gasteiger partial charge in [-0.3, -0.25) is 4.79 Å².